The Balaban J connectivity index is 1.51. The second-order valence-electron chi connectivity index (χ2n) is 7.09. The van der Waals surface area contributed by atoms with Crippen LogP contribution >= 0.6 is 23.2 Å². The van der Waals surface area contributed by atoms with Gasteiger partial charge in [0.1, 0.15) is 16.6 Å². The maximum atomic E-state index is 15.1. The topological polar surface area (TPSA) is 45.2 Å². The lowest BCUT2D eigenvalue weighted by Crippen LogP contribution is -2.48. The van der Waals surface area contributed by atoms with Crippen LogP contribution in [0.4, 0.5) is 8.78 Å². The van der Waals surface area contributed by atoms with Gasteiger partial charge >= 0.3 is 0 Å². The number of nitrogens with zero attached hydrogens (tertiary/aromatic N) is 2. The fourth-order valence-electron chi connectivity index (χ4n) is 3.15. The third kappa shape index (κ3) is 4.99. The number of hydrogen-bond acceptors (Lipinski definition) is 3. The third-order valence-corrected chi connectivity index (χ3v) is 5.63. The molecule has 1 aromatic heterocycles. The second kappa shape index (κ2) is 8.72. The van der Waals surface area contributed by atoms with Crippen LogP contribution in [0.5, 0.6) is 0 Å². The zero-order valence-electron chi connectivity index (χ0n) is 15.4. The molecule has 1 amide bonds. The molecule has 1 aliphatic heterocycles. The van der Waals surface area contributed by atoms with Crippen molar-refractivity contribution in [3.05, 3.63) is 63.1 Å². The van der Waals surface area contributed by atoms with E-state index in [-0.39, 0.29) is 30.3 Å². The van der Waals surface area contributed by atoms with Gasteiger partial charge in [0.2, 0.25) is 0 Å². The fourth-order valence-corrected chi connectivity index (χ4v) is 3.51. The number of nitrogens with one attached hydrogen (secondary N) is 1. The van der Waals surface area contributed by atoms with Gasteiger partial charge < -0.3 is 10.2 Å². The van der Waals surface area contributed by atoms with E-state index in [9.17, 15) is 9.18 Å². The number of carbonyl (C=O) groups excluding carboxylic acids is 1. The Morgan fingerprint density at radius 2 is 1.96 bits per heavy atom. The highest BCUT2D eigenvalue weighted by atomic mass is 35.5. The van der Waals surface area contributed by atoms with Gasteiger partial charge in [0.15, 0.2) is 0 Å². The normalized spacial score (nSPS) is 16.2. The summed E-state index contributed by atoms with van der Waals surface area (Å²) in [6.45, 7) is 3.05. The molecule has 150 valence electrons. The van der Waals surface area contributed by atoms with Crippen LogP contribution in [-0.4, -0.2) is 41.1 Å². The Kier molecular flexibility index (Phi) is 6.53. The van der Waals surface area contributed by atoms with E-state index in [2.05, 4.69) is 10.3 Å². The zero-order chi connectivity index (χ0) is 20.3. The molecule has 8 heteroatoms. The molecule has 0 saturated carbocycles. The Bertz CT molecular complexity index is 871. The second-order valence-corrected chi connectivity index (χ2v) is 7.85. The largest absolute Gasteiger partial charge is 0.338 e. The standard InChI is InChI=1S/C20H21Cl2F2N3O/c1-13-2-4-15(26-18(13)22)11-25-12-20(24)6-8-27(9-7-20)19(28)14-3-5-17(23)16(21)10-14/h2-5,10,25H,6-9,11-12H2,1H3. The van der Waals surface area contributed by atoms with Gasteiger partial charge in [-0.15, -0.1) is 0 Å². The van der Waals surface area contributed by atoms with Crippen LogP contribution in [0.1, 0.15) is 34.5 Å². The number of alkyl halides is 1. The van der Waals surface area contributed by atoms with Crippen molar-refractivity contribution in [3.8, 4) is 0 Å². The summed E-state index contributed by atoms with van der Waals surface area (Å²) in [6, 6.07) is 7.59. The first-order chi connectivity index (χ1) is 13.3. The summed E-state index contributed by atoms with van der Waals surface area (Å²) >= 11 is 11.7. The molecule has 1 aromatic carbocycles. The summed E-state index contributed by atoms with van der Waals surface area (Å²) in [5, 5.41) is 3.44. The first-order valence-electron chi connectivity index (χ1n) is 9.03. The predicted molar refractivity (Wildman–Crippen MR) is 106 cm³/mol. The Labute approximate surface area is 172 Å². The number of benzene rings is 1. The van der Waals surface area contributed by atoms with E-state index in [0.717, 1.165) is 17.3 Å². The highest BCUT2D eigenvalue weighted by Crippen LogP contribution is 2.27. The van der Waals surface area contributed by atoms with Crippen LogP contribution in [0.2, 0.25) is 10.2 Å². The molecular formula is C20H21Cl2F2N3O. The van der Waals surface area contributed by atoms with Crippen LogP contribution in [0.25, 0.3) is 0 Å². The molecule has 0 unspecified atom stereocenters. The van der Waals surface area contributed by atoms with Crippen molar-refractivity contribution in [2.45, 2.75) is 32.0 Å². The van der Waals surface area contributed by atoms with Crippen LogP contribution in [-0.2, 0) is 6.54 Å². The number of carbonyl (C=O) groups is 1. The molecule has 4 nitrogen and oxygen atoms in total. The predicted octanol–water partition coefficient (Wildman–Crippen LogP) is 4.57. The summed E-state index contributed by atoms with van der Waals surface area (Å²) in [7, 11) is 0. The molecule has 28 heavy (non-hydrogen) atoms. The number of piperidine rings is 1. The van der Waals surface area contributed by atoms with E-state index in [1.54, 1.807) is 4.90 Å². The minimum Gasteiger partial charge on any atom is -0.338 e. The zero-order valence-corrected chi connectivity index (χ0v) is 17.0. The Morgan fingerprint density at radius 1 is 1.25 bits per heavy atom. The summed E-state index contributed by atoms with van der Waals surface area (Å²) in [5.74, 6) is -0.842. The van der Waals surface area contributed by atoms with Gasteiger partial charge in [0, 0.05) is 44.6 Å². The van der Waals surface area contributed by atoms with Gasteiger partial charge in [-0.05, 0) is 36.8 Å². The Hall–Kier alpha value is -1.76. The van der Waals surface area contributed by atoms with Crippen molar-refractivity contribution in [1.29, 1.82) is 0 Å². The lowest BCUT2D eigenvalue weighted by molar-refractivity contribution is 0.0434. The van der Waals surface area contributed by atoms with Crippen molar-refractivity contribution >= 4 is 29.1 Å². The van der Waals surface area contributed by atoms with Gasteiger partial charge in [-0.3, -0.25) is 4.79 Å². The Morgan fingerprint density at radius 3 is 2.61 bits per heavy atom. The van der Waals surface area contributed by atoms with E-state index in [1.807, 2.05) is 19.1 Å². The number of aryl methyl sites for hydroxylation is 1. The van der Waals surface area contributed by atoms with E-state index in [4.69, 9.17) is 23.2 Å². The molecule has 1 aliphatic rings. The molecule has 0 spiro atoms. The first kappa shape index (κ1) is 21.0. The summed E-state index contributed by atoms with van der Waals surface area (Å²) in [5.41, 5.74) is 0.552. The smallest absolute Gasteiger partial charge is 0.253 e. The molecule has 1 N–H and O–H groups in total. The summed E-state index contributed by atoms with van der Waals surface area (Å²) in [6.07, 6.45) is 0.450. The molecule has 0 bridgehead atoms. The minimum atomic E-state index is -1.40. The van der Waals surface area contributed by atoms with Gasteiger partial charge in [-0.1, -0.05) is 29.3 Å². The number of likely N-dealkylation sites (tertiary alicyclic amines) is 1. The molecule has 2 heterocycles. The number of rotatable bonds is 5. The quantitative estimate of drug-likeness (QED) is 0.710. The summed E-state index contributed by atoms with van der Waals surface area (Å²) in [4.78, 5) is 18.3. The van der Waals surface area contributed by atoms with Crippen LogP contribution in [0.15, 0.2) is 30.3 Å². The van der Waals surface area contributed by atoms with Crippen molar-refractivity contribution in [2.75, 3.05) is 19.6 Å². The van der Waals surface area contributed by atoms with Crippen molar-refractivity contribution < 1.29 is 13.6 Å². The molecule has 0 aliphatic carbocycles. The van der Waals surface area contributed by atoms with Crippen LogP contribution in [0.3, 0.4) is 0 Å². The number of aromatic nitrogens is 1. The molecule has 0 atom stereocenters. The fraction of sp³-hybridized carbons (Fsp3) is 0.400. The molecule has 1 saturated heterocycles. The lowest BCUT2D eigenvalue weighted by Gasteiger charge is -2.36. The summed E-state index contributed by atoms with van der Waals surface area (Å²) < 4.78 is 28.3. The van der Waals surface area contributed by atoms with Gasteiger partial charge in [0.05, 0.1) is 10.7 Å². The van der Waals surface area contributed by atoms with Crippen molar-refractivity contribution in [3.63, 3.8) is 0 Å². The first-order valence-corrected chi connectivity index (χ1v) is 9.79. The minimum absolute atomic E-state index is 0.100. The van der Waals surface area contributed by atoms with Crippen molar-refractivity contribution in [1.82, 2.24) is 15.2 Å². The van der Waals surface area contributed by atoms with E-state index in [1.165, 1.54) is 12.1 Å². The maximum Gasteiger partial charge on any atom is 0.253 e. The van der Waals surface area contributed by atoms with Gasteiger partial charge in [-0.25, -0.2) is 13.8 Å². The highest BCUT2D eigenvalue weighted by Gasteiger charge is 2.36. The lowest BCUT2D eigenvalue weighted by atomic mass is 9.92. The van der Waals surface area contributed by atoms with Gasteiger partial charge in [0.25, 0.3) is 5.91 Å². The number of halogens is 4. The third-order valence-electron chi connectivity index (χ3n) is 4.95. The molecular weight excluding hydrogens is 407 g/mol. The van der Waals surface area contributed by atoms with E-state index in [0.29, 0.717) is 30.4 Å². The molecule has 1 fully saturated rings. The van der Waals surface area contributed by atoms with Crippen molar-refractivity contribution in [2.24, 2.45) is 0 Å². The number of hydrogen-bond donors (Lipinski definition) is 1. The monoisotopic (exact) mass is 427 g/mol. The van der Waals surface area contributed by atoms with Crippen LogP contribution < -0.4 is 5.32 Å². The maximum absolute atomic E-state index is 15.1. The van der Waals surface area contributed by atoms with Crippen LogP contribution in [0, 0.1) is 12.7 Å². The highest BCUT2D eigenvalue weighted by molar-refractivity contribution is 6.31. The SMILES string of the molecule is Cc1ccc(CNCC2(F)CCN(C(=O)c3ccc(F)c(Cl)c3)CC2)nc1Cl. The molecule has 3 rings (SSSR count). The van der Waals surface area contributed by atoms with E-state index < -0.39 is 11.5 Å². The van der Waals surface area contributed by atoms with E-state index >= 15 is 4.39 Å². The van der Waals surface area contributed by atoms with Gasteiger partial charge in [-0.2, -0.15) is 0 Å². The average molecular weight is 428 g/mol. The molecule has 2 aromatic rings. The number of pyridine rings is 1. The average Bonchev–Trinajstić information content (AvgIpc) is 2.67. The molecule has 0 radical (unpaired) electrons. The number of amides is 1.